The van der Waals surface area contributed by atoms with E-state index in [0.29, 0.717) is 51.0 Å². The van der Waals surface area contributed by atoms with Gasteiger partial charge in [-0.05, 0) is 141 Å². The van der Waals surface area contributed by atoms with Gasteiger partial charge in [0.25, 0.3) is 11.8 Å². The summed E-state index contributed by atoms with van der Waals surface area (Å²) in [5.41, 5.74) is 2.69. The number of nitrogens with one attached hydrogen (secondary N) is 4. The zero-order valence-corrected chi connectivity index (χ0v) is 49.3. The number of carboxylic acid groups (broad SMARTS) is 4. The summed E-state index contributed by atoms with van der Waals surface area (Å²) in [5.74, 6) is -0.829. The van der Waals surface area contributed by atoms with E-state index in [1.54, 1.807) is 55.5 Å². The normalized spacial score (nSPS) is 10.1. The van der Waals surface area contributed by atoms with Gasteiger partial charge in [-0.15, -0.1) is 12.8 Å². The molecule has 9 aromatic carbocycles. The predicted octanol–water partition coefficient (Wildman–Crippen LogP) is 12.9. The SMILES string of the molecule is C#Cc1cccc(NC(=O)c2cc(C(=O)c3ccc(C(=O)O)c(C(C)=O)c3)ccc2C(=O)O)c1.C#Cc1cccc(NC(=O)c2cc(C(=O)c3ccc(C(=O)O)c(C)c3)ccc2C(=O)O)c1.CNc1cccc(Oc2cccc(Oc3cccc(NC(C)=O)c3)c2)c1. The van der Waals surface area contributed by atoms with E-state index in [1.165, 1.54) is 68.4 Å². The van der Waals surface area contributed by atoms with Crippen LogP contribution < -0.4 is 30.7 Å². The molecule has 9 rings (SSSR count). The number of aryl methyl sites for hydroxylation is 1. The van der Waals surface area contributed by atoms with Crippen LogP contribution in [0.1, 0.15) is 135 Å². The molecule has 0 aromatic heterocycles. The summed E-state index contributed by atoms with van der Waals surface area (Å²) in [6.07, 6.45) is 10.7. The van der Waals surface area contributed by atoms with Gasteiger partial charge in [0.1, 0.15) is 23.0 Å². The molecule has 0 aliphatic carbocycles. The third-order valence-electron chi connectivity index (χ3n) is 13.3. The molecule has 0 radical (unpaired) electrons. The van der Waals surface area contributed by atoms with Gasteiger partial charge < -0.3 is 51.2 Å². The van der Waals surface area contributed by atoms with E-state index >= 15 is 0 Å². The van der Waals surface area contributed by atoms with Crippen LogP contribution in [0.25, 0.3) is 0 Å². The van der Waals surface area contributed by atoms with Crippen LogP contribution in [0, 0.1) is 31.6 Å². The Bertz CT molecular complexity index is 4540. The monoisotopic (exact) mass is 1230 g/mol. The number of ketones is 3. The average Bonchev–Trinajstić information content (AvgIpc) is 0.927. The second-order valence-electron chi connectivity index (χ2n) is 19.8. The number of terminal acetylenes is 2. The largest absolute Gasteiger partial charge is 0.478 e. The van der Waals surface area contributed by atoms with Crippen LogP contribution in [0.15, 0.2) is 194 Å². The molecule has 0 aliphatic rings. The van der Waals surface area contributed by atoms with Gasteiger partial charge in [-0.2, -0.15) is 0 Å². The van der Waals surface area contributed by atoms with Crippen molar-refractivity contribution >= 4 is 81.7 Å². The molecule has 458 valence electrons. The minimum absolute atomic E-state index is 0.00588. The lowest BCUT2D eigenvalue weighted by Gasteiger charge is -2.11. The first-order valence-electron chi connectivity index (χ1n) is 27.4. The number of aromatic carboxylic acids is 4. The number of hydrogen-bond acceptors (Lipinski definition) is 13. The number of carbonyl (C=O) groups excluding carboxylic acids is 6. The van der Waals surface area contributed by atoms with Gasteiger partial charge in [0.15, 0.2) is 17.3 Å². The molecular weight excluding hydrogens is 1180 g/mol. The smallest absolute Gasteiger partial charge is 0.336 e. The number of ether oxygens (including phenoxy) is 2. The second-order valence-corrected chi connectivity index (χ2v) is 19.8. The Balaban J connectivity index is 0.000000197. The third-order valence-corrected chi connectivity index (χ3v) is 13.3. The fourth-order valence-electron chi connectivity index (χ4n) is 8.86. The summed E-state index contributed by atoms with van der Waals surface area (Å²) in [4.78, 5) is 121. The van der Waals surface area contributed by atoms with Crippen LogP contribution >= 0.6 is 0 Å². The molecule has 8 N–H and O–H groups in total. The Morgan fingerprint density at radius 3 is 1.09 bits per heavy atom. The van der Waals surface area contributed by atoms with Crippen LogP contribution in [0.2, 0.25) is 0 Å². The summed E-state index contributed by atoms with van der Waals surface area (Å²) in [6, 6.07) is 50.0. The Hall–Kier alpha value is -13.2. The van der Waals surface area contributed by atoms with Gasteiger partial charge in [0, 0.05) is 93.9 Å². The van der Waals surface area contributed by atoms with Crippen molar-refractivity contribution in [3.63, 3.8) is 0 Å². The first kappa shape index (κ1) is 66.3. The molecule has 0 saturated heterocycles. The number of carboxylic acids is 4. The highest BCUT2D eigenvalue weighted by Crippen LogP contribution is 2.31. The number of Topliss-reactive ketones (excluding diaryl/α,β-unsaturated/α-hetero) is 1. The van der Waals surface area contributed by atoms with E-state index in [4.69, 9.17) is 27.4 Å². The third kappa shape index (κ3) is 17.5. The zero-order valence-electron chi connectivity index (χ0n) is 49.3. The lowest BCUT2D eigenvalue weighted by atomic mass is 9.94. The van der Waals surface area contributed by atoms with E-state index in [0.717, 1.165) is 35.7 Å². The zero-order chi connectivity index (χ0) is 66.8. The fourth-order valence-corrected chi connectivity index (χ4v) is 8.86. The van der Waals surface area contributed by atoms with Gasteiger partial charge in [-0.25, -0.2) is 19.2 Å². The maximum Gasteiger partial charge on any atom is 0.336 e. The van der Waals surface area contributed by atoms with Crippen molar-refractivity contribution in [2.75, 3.05) is 28.3 Å². The Labute approximate surface area is 526 Å². The maximum atomic E-state index is 13.0. The number of amides is 3. The van der Waals surface area contributed by atoms with Gasteiger partial charge in [-0.3, -0.25) is 28.8 Å². The second kappa shape index (κ2) is 30.4. The van der Waals surface area contributed by atoms with Gasteiger partial charge in [-0.1, -0.05) is 66.4 Å². The topological polar surface area (TPSA) is 318 Å². The Kier molecular flexibility index (Phi) is 21.9. The molecule has 0 saturated carbocycles. The Morgan fingerprint density at radius 2 is 0.707 bits per heavy atom. The lowest BCUT2D eigenvalue weighted by molar-refractivity contribution is -0.114. The molecule has 0 fully saturated rings. The molecule has 0 unspecified atom stereocenters. The molecule has 0 aliphatic heterocycles. The van der Waals surface area contributed by atoms with E-state index in [-0.39, 0.29) is 67.1 Å². The standard InChI is InChI=1S/C26H17NO7.C25H17NO6.C21H20N2O3/c1-3-15-5-4-6-18(11-15)27-24(30)22-13-17(8-10-20(22)26(33)34)23(29)16-7-9-19(25(31)32)21(12-16)14(2)28;1-3-15-5-4-6-18(12-15)26-23(28)21-13-17(8-10-20(21)25(31)32)22(27)16-7-9-19(24(29)30)14(2)11-16;1-15(24)23-17-7-4-9-19(13-17)26-21-11-5-10-20(14-21)25-18-8-3-6-16(12-18)22-2/h1,4-13H,2H3,(H,27,30)(H,31,32)(H,33,34);1,4-13H,2H3,(H,26,28)(H,29,30)(H,31,32);3-14,22H,1-2H3,(H,23,24). The highest BCUT2D eigenvalue weighted by Gasteiger charge is 2.24. The van der Waals surface area contributed by atoms with E-state index < -0.39 is 53.0 Å². The van der Waals surface area contributed by atoms with Crippen molar-refractivity contribution in [2.24, 2.45) is 0 Å². The molecule has 20 heteroatoms. The van der Waals surface area contributed by atoms with Crippen molar-refractivity contribution in [2.45, 2.75) is 20.8 Å². The van der Waals surface area contributed by atoms with Gasteiger partial charge in [0.05, 0.1) is 33.4 Å². The maximum absolute atomic E-state index is 13.0. The molecule has 9 aromatic rings. The first-order valence-corrected chi connectivity index (χ1v) is 27.4. The highest BCUT2D eigenvalue weighted by atomic mass is 16.5. The molecule has 3 amide bonds. The summed E-state index contributed by atoms with van der Waals surface area (Å²) < 4.78 is 11.8. The quantitative estimate of drug-likeness (QED) is 0.0275. The minimum Gasteiger partial charge on any atom is -0.478 e. The van der Waals surface area contributed by atoms with Crippen LogP contribution in [0.4, 0.5) is 22.7 Å². The summed E-state index contributed by atoms with van der Waals surface area (Å²) in [6.45, 7) is 4.21. The number of benzene rings is 9. The van der Waals surface area contributed by atoms with Gasteiger partial charge in [0.2, 0.25) is 5.91 Å². The number of carbonyl (C=O) groups is 10. The predicted molar refractivity (Wildman–Crippen MR) is 343 cm³/mol. The van der Waals surface area contributed by atoms with Crippen LogP contribution in [0.5, 0.6) is 23.0 Å². The summed E-state index contributed by atoms with van der Waals surface area (Å²) in [5, 5.41) is 48.3. The molecule has 20 nitrogen and oxygen atoms in total. The van der Waals surface area contributed by atoms with Crippen LogP contribution in [-0.4, -0.2) is 86.4 Å². The molecular formula is C72H54N4O16. The Morgan fingerprint density at radius 1 is 0.370 bits per heavy atom. The van der Waals surface area contributed by atoms with E-state index in [1.807, 2.05) is 73.8 Å². The van der Waals surface area contributed by atoms with Crippen LogP contribution in [-0.2, 0) is 4.79 Å². The minimum atomic E-state index is -1.37. The van der Waals surface area contributed by atoms with Crippen molar-refractivity contribution in [3.8, 4) is 47.7 Å². The summed E-state index contributed by atoms with van der Waals surface area (Å²) >= 11 is 0. The number of rotatable bonds is 19. The fraction of sp³-hybridized carbons (Fsp3) is 0.0556. The first-order chi connectivity index (χ1) is 43.9. The molecule has 92 heavy (non-hydrogen) atoms. The number of hydrogen-bond donors (Lipinski definition) is 8. The average molecular weight is 1230 g/mol. The van der Waals surface area contributed by atoms with Crippen molar-refractivity contribution in [1.82, 2.24) is 0 Å². The molecule has 0 spiro atoms. The van der Waals surface area contributed by atoms with E-state index in [9.17, 15) is 63.3 Å². The van der Waals surface area contributed by atoms with Crippen molar-refractivity contribution in [3.05, 3.63) is 272 Å². The van der Waals surface area contributed by atoms with Crippen LogP contribution in [0.3, 0.4) is 0 Å². The van der Waals surface area contributed by atoms with E-state index in [2.05, 4.69) is 33.1 Å². The van der Waals surface area contributed by atoms with Crippen molar-refractivity contribution < 1.29 is 77.8 Å². The molecule has 0 bridgehead atoms. The number of anilines is 4. The molecule has 0 atom stereocenters. The van der Waals surface area contributed by atoms with Gasteiger partial charge >= 0.3 is 23.9 Å². The highest BCUT2D eigenvalue weighted by molar-refractivity contribution is 6.17. The lowest BCUT2D eigenvalue weighted by Crippen LogP contribution is -2.18. The molecule has 0 heterocycles. The van der Waals surface area contributed by atoms with Crippen molar-refractivity contribution in [1.29, 1.82) is 0 Å². The summed E-state index contributed by atoms with van der Waals surface area (Å²) in [7, 11) is 1.86.